The van der Waals surface area contributed by atoms with Gasteiger partial charge in [0.05, 0.1) is 40.2 Å². The lowest BCUT2D eigenvalue weighted by Gasteiger charge is -2.25. The number of benzene rings is 2. The molecule has 0 saturated heterocycles. The third-order valence-electron chi connectivity index (χ3n) is 4.43. The Hall–Kier alpha value is -3.02. The zero-order chi connectivity index (χ0) is 21.7. The smallest absolute Gasteiger partial charge is 0.234 e. The number of carbonyl (C=O) groups is 2. The number of nitrogens with one attached hydrogen (secondary N) is 2. The molecule has 1 atom stereocenters. The molecule has 154 valence electrons. The van der Waals surface area contributed by atoms with Crippen molar-refractivity contribution in [2.45, 2.75) is 12.3 Å². The molecule has 9 heteroatoms. The van der Waals surface area contributed by atoms with Gasteiger partial charge in [-0.2, -0.15) is 5.26 Å². The number of hydrogen-bond acceptors (Lipinski definition) is 5. The van der Waals surface area contributed by atoms with Crippen molar-refractivity contribution in [2.24, 2.45) is 0 Å². The minimum Gasteiger partial charge on any atom is -0.495 e. The molecule has 2 aromatic rings. The maximum absolute atomic E-state index is 13.7. The van der Waals surface area contributed by atoms with Crippen molar-refractivity contribution in [3.63, 3.8) is 0 Å². The number of thioether (sulfide) groups is 1. The SMILES string of the molecule is COc1ccc([C@H]2CC(=O)NC(SCC(=O)Nc3ccccc3F)=C2C#N)cc1Cl. The number of ether oxygens (including phenoxy) is 1. The first-order chi connectivity index (χ1) is 14.4. The molecule has 1 heterocycles. The molecule has 1 aliphatic heterocycles. The molecule has 0 aromatic heterocycles. The second kappa shape index (κ2) is 9.65. The highest BCUT2D eigenvalue weighted by atomic mass is 35.5. The molecule has 0 spiro atoms. The van der Waals surface area contributed by atoms with Gasteiger partial charge in [-0.1, -0.05) is 41.6 Å². The van der Waals surface area contributed by atoms with Crippen molar-refractivity contribution >= 4 is 40.9 Å². The molecule has 3 rings (SSSR count). The summed E-state index contributed by atoms with van der Waals surface area (Å²) < 4.78 is 18.8. The molecule has 1 aliphatic rings. The van der Waals surface area contributed by atoms with Gasteiger partial charge < -0.3 is 15.4 Å². The highest BCUT2D eigenvalue weighted by Gasteiger charge is 2.30. The third kappa shape index (κ3) is 4.93. The number of nitriles is 1. The van der Waals surface area contributed by atoms with Crippen LogP contribution in [0.15, 0.2) is 53.1 Å². The van der Waals surface area contributed by atoms with E-state index >= 15 is 0 Å². The van der Waals surface area contributed by atoms with E-state index in [0.29, 0.717) is 26.9 Å². The van der Waals surface area contributed by atoms with Gasteiger partial charge in [0.1, 0.15) is 11.6 Å². The molecule has 0 bridgehead atoms. The maximum Gasteiger partial charge on any atom is 0.234 e. The molecule has 2 aromatic carbocycles. The van der Waals surface area contributed by atoms with Gasteiger partial charge in [0.25, 0.3) is 0 Å². The number of halogens is 2. The van der Waals surface area contributed by atoms with Gasteiger partial charge in [0.15, 0.2) is 0 Å². The predicted molar refractivity (Wildman–Crippen MR) is 114 cm³/mol. The molecule has 0 fully saturated rings. The molecule has 0 aliphatic carbocycles. The summed E-state index contributed by atoms with van der Waals surface area (Å²) in [5, 5.41) is 15.5. The fraction of sp³-hybridized carbons (Fsp3) is 0.190. The molecule has 0 unspecified atom stereocenters. The van der Waals surface area contributed by atoms with E-state index in [-0.39, 0.29) is 23.8 Å². The van der Waals surface area contributed by atoms with E-state index in [1.54, 1.807) is 24.3 Å². The van der Waals surface area contributed by atoms with Crippen LogP contribution in [0.4, 0.5) is 10.1 Å². The van der Waals surface area contributed by atoms with Crippen LogP contribution in [0.1, 0.15) is 17.9 Å². The Kier molecular flexibility index (Phi) is 6.98. The van der Waals surface area contributed by atoms with E-state index in [1.807, 2.05) is 0 Å². The third-order valence-corrected chi connectivity index (χ3v) is 5.74. The molecule has 0 saturated carbocycles. The lowest BCUT2D eigenvalue weighted by atomic mass is 9.87. The van der Waals surface area contributed by atoms with E-state index in [9.17, 15) is 19.2 Å². The number of para-hydroxylation sites is 1. The van der Waals surface area contributed by atoms with E-state index < -0.39 is 17.6 Å². The standard InChI is InChI=1S/C21H17ClFN3O3S/c1-29-18-7-6-12(8-15(18)22)13-9-19(27)26-21(14(13)10-24)30-11-20(28)25-17-5-3-2-4-16(17)23/h2-8,13H,9,11H2,1H3,(H,25,28)(H,26,27)/t13-/m1/s1. The number of carbonyl (C=O) groups excluding carboxylic acids is 2. The van der Waals surface area contributed by atoms with Crippen LogP contribution in [0.25, 0.3) is 0 Å². The van der Waals surface area contributed by atoms with Gasteiger partial charge in [-0.3, -0.25) is 9.59 Å². The lowest BCUT2D eigenvalue weighted by molar-refractivity contribution is -0.121. The summed E-state index contributed by atoms with van der Waals surface area (Å²) in [6.07, 6.45) is 0.0804. The average molecular weight is 446 g/mol. The predicted octanol–water partition coefficient (Wildman–Crippen LogP) is 4.20. The van der Waals surface area contributed by atoms with E-state index in [2.05, 4.69) is 16.7 Å². The van der Waals surface area contributed by atoms with E-state index in [4.69, 9.17) is 16.3 Å². The van der Waals surface area contributed by atoms with Gasteiger partial charge in [0.2, 0.25) is 11.8 Å². The zero-order valence-corrected chi connectivity index (χ0v) is 17.4. The highest BCUT2D eigenvalue weighted by molar-refractivity contribution is 8.03. The fourth-order valence-corrected chi connectivity index (χ4v) is 4.15. The summed E-state index contributed by atoms with van der Waals surface area (Å²) in [6.45, 7) is 0. The Bertz CT molecular complexity index is 1070. The summed E-state index contributed by atoms with van der Waals surface area (Å²) in [5.41, 5.74) is 1.09. The van der Waals surface area contributed by atoms with Crippen molar-refractivity contribution in [1.82, 2.24) is 5.32 Å². The van der Waals surface area contributed by atoms with Gasteiger partial charge >= 0.3 is 0 Å². The summed E-state index contributed by atoms with van der Waals surface area (Å²) in [4.78, 5) is 24.4. The molecule has 2 N–H and O–H groups in total. The van der Waals surface area contributed by atoms with Gasteiger partial charge in [-0.25, -0.2) is 4.39 Å². The van der Waals surface area contributed by atoms with Crippen molar-refractivity contribution in [1.29, 1.82) is 5.26 Å². The fourth-order valence-electron chi connectivity index (χ4n) is 3.00. The summed E-state index contributed by atoms with van der Waals surface area (Å²) >= 11 is 7.20. The normalized spacial score (nSPS) is 15.9. The number of allylic oxidation sites excluding steroid dienone is 1. The minimum atomic E-state index is -0.546. The summed E-state index contributed by atoms with van der Waals surface area (Å²) in [7, 11) is 1.50. The first kappa shape index (κ1) is 21.7. The Morgan fingerprint density at radius 1 is 1.40 bits per heavy atom. The first-order valence-corrected chi connectivity index (χ1v) is 10.2. The minimum absolute atomic E-state index is 0.0658. The second-order valence-corrected chi connectivity index (χ2v) is 7.76. The van der Waals surface area contributed by atoms with Crippen LogP contribution in [-0.4, -0.2) is 24.7 Å². The van der Waals surface area contributed by atoms with Crippen molar-refractivity contribution in [3.8, 4) is 11.8 Å². The number of hydrogen-bond donors (Lipinski definition) is 2. The van der Waals surface area contributed by atoms with Crippen LogP contribution in [-0.2, 0) is 9.59 Å². The first-order valence-electron chi connectivity index (χ1n) is 8.87. The Labute approximate surface area is 182 Å². The zero-order valence-electron chi connectivity index (χ0n) is 15.9. The number of rotatable bonds is 6. The van der Waals surface area contributed by atoms with Gasteiger partial charge in [-0.15, -0.1) is 0 Å². The Balaban J connectivity index is 1.79. The van der Waals surface area contributed by atoms with E-state index in [0.717, 1.165) is 11.8 Å². The largest absolute Gasteiger partial charge is 0.495 e. The number of anilines is 1. The molecule has 2 amide bonds. The van der Waals surface area contributed by atoms with Crippen LogP contribution in [0, 0.1) is 17.1 Å². The molecule has 0 radical (unpaired) electrons. The van der Waals surface area contributed by atoms with E-state index in [1.165, 1.54) is 25.3 Å². The van der Waals surface area contributed by atoms with Gasteiger partial charge in [0, 0.05) is 12.3 Å². The molecular formula is C21H17ClFN3O3S. The van der Waals surface area contributed by atoms with Crippen LogP contribution in [0.5, 0.6) is 5.75 Å². The topological polar surface area (TPSA) is 91.2 Å². The van der Waals surface area contributed by atoms with Crippen LogP contribution < -0.4 is 15.4 Å². The Morgan fingerprint density at radius 3 is 2.83 bits per heavy atom. The number of methoxy groups -OCH3 is 1. The Morgan fingerprint density at radius 2 is 2.17 bits per heavy atom. The molecule has 6 nitrogen and oxygen atoms in total. The molecular weight excluding hydrogens is 429 g/mol. The lowest BCUT2D eigenvalue weighted by Crippen LogP contribution is -2.31. The van der Waals surface area contributed by atoms with Crippen molar-refractivity contribution < 1.29 is 18.7 Å². The average Bonchev–Trinajstić information content (AvgIpc) is 2.73. The van der Waals surface area contributed by atoms with Crippen LogP contribution >= 0.6 is 23.4 Å². The number of amides is 2. The molecule has 30 heavy (non-hydrogen) atoms. The summed E-state index contributed by atoms with van der Waals surface area (Å²) in [6, 6.07) is 13.0. The highest BCUT2D eigenvalue weighted by Crippen LogP contribution is 2.38. The van der Waals surface area contributed by atoms with Crippen molar-refractivity contribution in [3.05, 3.63) is 69.5 Å². The van der Waals surface area contributed by atoms with Crippen molar-refractivity contribution in [2.75, 3.05) is 18.2 Å². The maximum atomic E-state index is 13.7. The quantitative estimate of drug-likeness (QED) is 0.695. The number of nitrogens with zero attached hydrogens (tertiary/aromatic N) is 1. The van der Waals surface area contributed by atoms with Crippen LogP contribution in [0.2, 0.25) is 5.02 Å². The summed E-state index contributed by atoms with van der Waals surface area (Å²) in [5.74, 6) is -1.39. The van der Waals surface area contributed by atoms with Crippen LogP contribution in [0.3, 0.4) is 0 Å². The monoisotopic (exact) mass is 445 g/mol. The second-order valence-electron chi connectivity index (χ2n) is 6.37. The van der Waals surface area contributed by atoms with Gasteiger partial charge in [-0.05, 0) is 29.8 Å².